The smallest absolute Gasteiger partial charge is 0.220 e. The van der Waals surface area contributed by atoms with Gasteiger partial charge in [0.2, 0.25) is 11.8 Å². The molecule has 0 bridgehead atoms. The van der Waals surface area contributed by atoms with Gasteiger partial charge in [0.15, 0.2) is 0 Å². The molecule has 1 aliphatic rings. The first-order chi connectivity index (χ1) is 11.8. The van der Waals surface area contributed by atoms with Gasteiger partial charge in [-0.1, -0.05) is 6.07 Å². The highest BCUT2D eigenvalue weighted by Crippen LogP contribution is 2.16. The summed E-state index contributed by atoms with van der Waals surface area (Å²) >= 11 is 0. The minimum atomic E-state index is -0.185. The van der Waals surface area contributed by atoms with E-state index in [0.717, 1.165) is 5.69 Å². The van der Waals surface area contributed by atoms with Gasteiger partial charge in [-0.15, -0.1) is 0 Å². The lowest BCUT2D eigenvalue weighted by Gasteiger charge is -2.32. The predicted octanol–water partition coefficient (Wildman–Crippen LogP) is 1.16. The standard InChI is InChI=1S/C17H20N4O3/c22-16(5-4-13-11-18-8-9-19-13)21-14-12-23-10-6-15(14)24-17-3-1-2-7-20-17/h1-3,7-9,11,14-15H,4-6,10,12H2,(H,21,22)/t14-,15-/m1/s1. The maximum Gasteiger partial charge on any atom is 0.220 e. The summed E-state index contributed by atoms with van der Waals surface area (Å²) in [6, 6.07) is 5.33. The minimum absolute atomic E-state index is 0.0502. The summed E-state index contributed by atoms with van der Waals surface area (Å²) in [4.78, 5) is 24.5. The van der Waals surface area contributed by atoms with Crippen LogP contribution in [0.1, 0.15) is 18.5 Å². The number of nitrogens with one attached hydrogen (secondary N) is 1. The van der Waals surface area contributed by atoms with E-state index in [2.05, 4.69) is 20.3 Å². The van der Waals surface area contributed by atoms with Crippen molar-refractivity contribution >= 4 is 5.91 Å². The molecule has 0 aromatic carbocycles. The summed E-state index contributed by atoms with van der Waals surface area (Å²) in [5.74, 6) is 0.508. The fourth-order valence-corrected chi connectivity index (χ4v) is 2.55. The molecular weight excluding hydrogens is 308 g/mol. The zero-order valence-electron chi connectivity index (χ0n) is 13.3. The Balaban J connectivity index is 1.52. The first kappa shape index (κ1) is 16.3. The number of aromatic nitrogens is 3. The van der Waals surface area contributed by atoms with Gasteiger partial charge in [0, 0.05) is 43.7 Å². The van der Waals surface area contributed by atoms with Crippen LogP contribution in [-0.2, 0) is 16.0 Å². The van der Waals surface area contributed by atoms with Crippen molar-refractivity contribution in [3.63, 3.8) is 0 Å². The molecule has 0 spiro atoms. The number of carbonyl (C=O) groups excluding carboxylic acids is 1. The fourth-order valence-electron chi connectivity index (χ4n) is 2.55. The van der Waals surface area contributed by atoms with Crippen molar-refractivity contribution in [2.75, 3.05) is 13.2 Å². The Hall–Kier alpha value is -2.54. The molecule has 3 rings (SSSR count). The van der Waals surface area contributed by atoms with Gasteiger partial charge in [-0.05, 0) is 12.5 Å². The molecule has 0 unspecified atom stereocenters. The quantitative estimate of drug-likeness (QED) is 0.856. The lowest BCUT2D eigenvalue weighted by Crippen LogP contribution is -2.52. The van der Waals surface area contributed by atoms with E-state index in [1.807, 2.05) is 18.2 Å². The average Bonchev–Trinajstić information content (AvgIpc) is 2.63. The van der Waals surface area contributed by atoms with Crippen LogP contribution in [0, 0.1) is 0 Å². The van der Waals surface area contributed by atoms with E-state index < -0.39 is 0 Å². The maximum absolute atomic E-state index is 12.2. The van der Waals surface area contributed by atoms with Gasteiger partial charge < -0.3 is 14.8 Å². The number of nitrogens with zero attached hydrogens (tertiary/aromatic N) is 3. The van der Waals surface area contributed by atoms with Gasteiger partial charge in [0.05, 0.1) is 24.9 Å². The van der Waals surface area contributed by atoms with Crippen molar-refractivity contribution in [3.05, 3.63) is 48.7 Å². The third-order valence-electron chi connectivity index (χ3n) is 3.77. The Morgan fingerprint density at radius 3 is 3.04 bits per heavy atom. The highest BCUT2D eigenvalue weighted by Gasteiger charge is 2.29. The molecule has 1 N–H and O–H groups in total. The molecule has 24 heavy (non-hydrogen) atoms. The molecule has 3 heterocycles. The molecular formula is C17H20N4O3. The molecule has 1 saturated heterocycles. The van der Waals surface area contributed by atoms with Crippen LogP contribution in [0.25, 0.3) is 0 Å². The van der Waals surface area contributed by atoms with Crippen molar-refractivity contribution in [1.82, 2.24) is 20.3 Å². The normalized spacial score (nSPS) is 20.3. The van der Waals surface area contributed by atoms with Gasteiger partial charge in [0.25, 0.3) is 0 Å². The van der Waals surface area contributed by atoms with Crippen LogP contribution in [-0.4, -0.2) is 46.2 Å². The Kier molecular flexibility index (Phi) is 5.68. The van der Waals surface area contributed by atoms with Gasteiger partial charge >= 0.3 is 0 Å². The van der Waals surface area contributed by atoms with Gasteiger partial charge in [-0.2, -0.15) is 0 Å². The van der Waals surface area contributed by atoms with E-state index in [9.17, 15) is 4.79 Å². The van der Waals surface area contributed by atoms with Crippen LogP contribution in [0.4, 0.5) is 0 Å². The lowest BCUT2D eigenvalue weighted by atomic mass is 10.1. The minimum Gasteiger partial charge on any atom is -0.472 e. The van der Waals surface area contributed by atoms with Crippen molar-refractivity contribution in [2.24, 2.45) is 0 Å². The molecule has 2 aromatic heterocycles. The monoisotopic (exact) mass is 328 g/mol. The van der Waals surface area contributed by atoms with Crippen LogP contribution in [0.5, 0.6) is 5.88 Å². The Bertz CT molecular complexity index is 639. The number of ether oxygens (including phenoxy) is 2. The highest BCUT2D eigenvalue weighted by atomic mass is 16.5. The molecule has 2 atom stereocenters. The second-order valence-corrected chi connectivity index (χ2v) is 5.56. The van der Waals surface area contributed by atoms with E-state index in [1.165, 1.54) is 0 Å². The molecule has 0 aliphatic carbocycles. The first-order valence-electron chi connectivity index (χ1n) is 8.01. The Morgan fingerprint density at radius 1 is 1.29 bits per heavy atom. The number of hydrogen-bond acceptors (Lipinski definition) is 6. The van der Waals surface area contributed by atoms with E-state index in [1.54, 1.807) is 24.8 Å². The maximum atomic E-state index is 12.2. The number of hydrogen-bond donors (Lipinski definition) is 1. The lowest BCUT2D eigenvalue weighted by molar-refractivity contribution is -0.124. The summed E-state index contributed by atoms with van der Waals surface area (Å²) in [5, 5.41) is 2.99. The second-order valence-electron chi connectivity index (χ2n) is 5.56. The molecule has 7 heteroatoms. The topological polar surface area (TPSA) is 86.2 Å². The van der Waals surface area contributed by atoms with Crippen LogP contribution < -0.4 is 10.1 Å². The first-order valence-corrected chi connectivity index (χ1v) is 8.01. The summed E-state index contributed by atoms with van der Waals surface area (Å²) in [6.07, 6.45) is 8.07. The molecule has 2 aromatic rings. The van der Waals surface area contributed by atoms with Gasteiger partial charge in [0.1, 0.15) is 6.10 Å². The predicted molar refractivity (Wildman–Crippen MR) is 86.4 cm³/mol. The molecule has 1 amide bonds. The van der Waals surface area contributed by atoms with E-state index in [0.29, 0.717) is 38.4 Å². The molecule has 7 nitrogen and oxygen atoms in total. The van der Waals surface area contributed by atoms with Gasteiger partial charge in [-0.25, -0.2) is 4.98 Å². The van der Waals surface area contributed by atoms with Crippen molar-refractivity contribution in [1.29, 1.82) is 0 Å². The number of pyridine rings is 1. The van der Waals surface area contributed by atoms with E-state index in [-0.39, 0.29) is 18.1 Å². The third-order valence-corrected chi connectivity index (χ3v) is 3.77. The Labute approximate surface area is 140 Å². The average molecular weight is 328 g/mol. The summed E-state index contributed by atoms with van der Waals surface area (Å²) in [6.45, 7) is 1.05. The number of rotatable bonds is 6. The van der Waals surface area contributed by atoms with E-state index >= 15 is 0 Å². The largest absolute Gasteiger partial charge is 0.472 e. The zero-order valence-corrected chi connectivity index (χ0v) is 13.3. The van der Waals surface area contributed by atoms with Crippen LogP contribution in [0.15, 0.2) is 43.0 Å². The molecule has 0 radical (unpaired) electrons. The van der Waals surface area contributed by atoms with Crippen LogP contribution >= 0.6 is 0 Å². The second kappa shape index (κ2) is 8.35. The molecule has 1 fully saturated rings. The third kappa shape index (κ3) is 4.73. The van der Waals surface area contributed by atoms with Crippen molar-refractivity contribution in [3.8, 4) is 5.88 Å². The highest BCUT2D eigenvalue weighted by molar-refractivity contribution is 5.76. The van der Waals surface area contributed by atoms with E-state index in [4.69, 9.17) is 9.47 Å². The zero-order chi connectivity index (χ0) is 16.6. The van der Waals surface area contributed by atoms with Crippen LogP contribution in [0.3, 0.4) is 0 Å². The van der Waals surface area contributed by atoms with Crippen molar-refractivity contribution in [2.45, 2.75) is 31.4 Å². The number of aryl methyl sites for hydroxylation is 1. The van der Waals surface area contributed by atoms with Gasteiger partial charge in [-0.3, -0.25) is 14.8 Å². The molecule has 0 saturated carbocycles. The summed E-state index contributed by atoms with van der Waals surface area (Å²) in [7, 11) is 0. The summed E-state index contributed by atoms with van der Waals surface area (Å²) in [5.41, 5.74) is 0.800. The molecule has 126 valence electrons. The fraction of sp³-hybridized carbons (Fsp3) is 0.412. The molecule has 1 aliphatic heterocycles. The number of carbonyl (C=O) groups is 1. The van der Waals surface area contributed by atoms with Crippen molar-refractivity contribution < 1.29 is 14.3 Å². The number of amides is 1. The SMILES string of the molecule is O=C(CCc1cnccn1)N[C@@H]1COCC[C@H]1Oc1ccccn1. The Morgan fingerprint density at radius 2 is 2.25 bits per heavy atom. The van der Waals surface area contributed by atoms with Crippen LogP contribution in [0.2, 0.25) is 0 Å². The summed E-state index contributed by atoms with van der Waals surface area (Å²) < 4.78 is 11.4.